The lowest BCUT2D eigenvalue weighted by Gasteiger charge is -2.32. The maximum atomic E-state index is 13.4. The van der Waals surface area contributed by atoms with Crippen LogP contribution in [-0.4, -0.2) is 46.4 Å². The molecule has 2 aromatic carbocycles. The van der Waals surface area contributed by atoms with E-state index in [4.69, 9.17) is 4.74 Å². The number of nitrogens with one attached hydrogen (secondary N) is 1. The number of nitrogens with zero attached hydrogens (tertiary/aromatic N) is 2. The number of nitro benzene ring substituents is 1. The molecule has 1 aliphatic heterocycles. The number of hydrogen-bond donors (Lipinski definition) is 1. The zero-order chi connectivity index (χ0) is 23.4. The van der Waals surface area contributed by atoms with Gasteiger partial charge in [0, 0.05) is 54.7 Å². The second-order valence-corrected chi connectivity index (χ2v) is 8.33. The van der Waals surface area contributed by atoms with E-state index in [0.29, 0.717) is 31.7 Å². The van der Waals surface area contributed by atoms with Crippen LogP contribution in [0.1, 0.15) is 43.2 Å². The summed E-state index contributed by atoms with van der Waals surface area (Å²) >= 11 is 0. The van der Waals surface area contributed by atoms with Gasteiger partial charge in [-0.05, 0) is 37.0 Å². The summed E-state index contributed by atoms with van der Waals surface area (Å²) in [5.74, 6) is -1.02. The minimum Gasteiger partial charge on any atom is -0.466 e. The number of amides is 1. The fraction of sp³-hybridized carbons (Fsp3) is 0.360. The molecule has 33 heavy (non-hydrogen) atoms. The minimum atomic E-state index is -0.424. The van der Waals surface area contributed by atoms with Crippen LogP contribution in [0.2, 0.25) is 0 Å². The van der Waals surface area contributed by atoms with Gasteiger partial charge >= 0.3 is 5.97 Å². The summed E-state index contributed by atoms with van der Waals surface area (Å²) in [4.78, 5) is 41.5. The molecule has 0 radical (unpaired) electrons. The molecule has 3 aromatic rings. The molecular formula is C25H27N3O5. The number of aromatic nitrogens is 1. The second kappa shape index (κ2) is 9.85. The Morgan fingerprint density at radius 2 is 2.06 bits per heavy atom. The summed E-state index contributed by atoms with van der Waals surface area (Å²) in [5, 5.41) is 12.4. The Bertz CT molecular complexity index is 1170. The number of benzene rings is 2. The maximum Gasteiger partial charge on any atom is 0.310 e. The summed E-state index contributed by atoms with van der Waals surface area (Å²) in [5.41, 5.74) is 2.56. The normalized spacial score (nSPS) is 17.0. The summed E-state index contributed by atoms with van der Waals surface area (Å²) in [6, 6.07) is 14.3. The molecular weight excluding hydrogens is 422 g/mol. The highest BCUT2D eigenvalue weighted by Crippen LogP contribution is 2.35. The van der Waals surface area contributed by atoms with E-state index in [-0.39, 0.29) is 35.8 Å². The largest absolute Gasteiger partial charge is 0.466 e. The first-order chi connectivity index (χ1) is 16.0. The van der Waals surface area contributed by atoms with Crippen molar-refractivity contribution >= 4 is 28.5 Å². The molecule has 1 aliphatic rings. The summed E-state index contributed by atoms with van der Waals surface area (Å²) in [7, 11) is 0. The number of H-pyrrole nitrogens is 1. The van der Waals surface area contributed by atoms with Gasteiger partial charge in [-0.1, -0.05) is 30.3 Å². The number of piperidine rings is 1. The van der Waals surface area contributed by atoms with E-state index in [2.05, 4.69) is 4.98 Å². The highest BCUT2D eigenvalue weighted by molar-refractivity contribution is 5.86. The van der Waals surface area contributed by atoms with Gasteiger partial charge in [0.05, 0.1) is 17.4 Å². The Kier molecular flexibility index (Phi) is 6.72. The molecule has 0 bridgehead atoms. The molecule has 2 heterocycles. The third-order valence-electron chi connectivity index (χ3n) is 6.25. The van der Waals surface area contributed by atoms with Crippen molar-refractivity contribution in [1.82, 2.24) is 9.88 Å². The number of carbonyl (C=O) groups excluding carboxylic acids is 2. The molecule has 8 nitrogen and oxygen atoms in total. The fourth-order valence-electron chi connectivity index (χ4n) is 4.60. The maximum absolute atomic E-state index is 13.4. The van der Waals surface area contributed by atoms with Gasteiger partial charge in [0.1, 0.15) is 0 Å². The van der Waals surface area contributed by atoms with E-state index in [1.165, 1.54) is 12.1 Å². The van der Waals surface area contributed by atoms with Gasteiger partial charge in [-0.25, -0.2) is 0 Å². The molecule has 0 saturated carbocycles. The first kappa shape index (κ1) is 22.5. The molecule has 1 aromatic heterocycles. The summed E-state index contributed by atoms with van der Waals surface area (Å²) in [6.07, 6.45) is 3.47. The van der Waals surface area contributed by atoms with Crippen LogP contribution in [0, 0.1) is 16.0 Å². The number of aromatic amines is 1. The van der Waals surface area contributed by atoms with Crippen molar-refractivity contribution in [3.63, 3.8) is 0 Å². The van der Waals surface area contributed by atoms with E-state index in [0.717, 1.165) is 22.9 Å². The Morgan fingerprint density at radius 3 is 2.85 bits per heavy atom. The number of non-ortho nitro benzene ring substituents is 1. The van der Waals surface area contributed by atoms with Crippen molar-refractivity contribution in [3.8, 4) is 0 Å². The van der Waals surface area contributed by atoms with Crippen LogP contribution in [0.15, 0.2) is 54.7 Å². The smallest absolute Gasteiger partial charge is 0.310 e. The van der Waals surface area contributed by atoms with Gasteiger partial charge in [-0.15, -0.1) is 0 Å². The summed E-state index contributed by atoms with van der Waals surface area (Å²) < 4.78 is 5.16. The summed E-state index contributed by atoms with van der Waals surface area (Å²) in [6.45, 7) is 3.02. The van der Waals surface area contributed by atoms with E-state index in [1.54, 1.807) is 17.9 Å². The number of ether oxygens (including phenoxy) is 1. The number of likely N-dealkylation sites (tertiary alicyclic amines) is 1. The number of carbonyl (C=O) groups is 2. The van der Waals surface area contributed by atoms with Gasteiger partial charge in [-0.3, -0.25) is 19.7 Å². The number of rotatable bonds is 7. The zero-order valence-electron chi connectivity index (χ0n) is 18.5. The number of hydrogen-bond acceptors (Lipinski definition) is 5. The van der Waals surface area contributed by atoms with Gasteiger partial charge in [0.25, 0.3) is 5.69 Å². The molecule has 2 atom stereocenters. The molecule has 0 aliphatic carbocycles. The van der Waals surface area contributed by atoms with Crippen LogP contribution in [0.5, 0.6) is 0 Å². The molecule has 4 rings (SSSR count). The molecule has 0 unspecified atom stereocenters. The average Bonchev–Trinajstić information content (AvgIpc) is 3.26. The standard InChI is InChI=1S/C25H27N3O5/c1-2-33-25(30)18-8-6-12-27(16-18)24(29)14-21(17-7-5-9-19(13-17)28(31)32)22-15-26-23-11-4-3-10-20(22)23/h3-5,7,9-11,13,15,18,21,26H,2,6,8,12,14,16H2,1H3/t18-,21+/m0/s1. The Labute approximate surface area is 191 Å². The predicted molar refractivity (Wildman–Crippen MR) is 124 cm³/mol. The van der Waals surface area contributed by atoms with Gasteiger partial charge in [0.2, 0.25) is 5.91 Å². The van der Waals surface area contributed by atoms with Crippen LogP contribution in [0.4, 0.5) is 5.69 Å². The Morgan fingerprint density at radius 1 is 1.24 bits per heavy atom. The number of esters is 1. The monoisotopic (exact) mass is 449 g/mol. The molecule has 0 spiro atoms. The second-order valence-electron chi connectivity index (χ2n) is 8.33. The minimum absolute atomic E-state index is 0.00913. The molecule has 8 heteroatoms. The first-order valence-electron chi connectivity index (χ1n) is 11.2. The number of nitro groups is 1. The molecule has 1 amide bonds. The molecule has 1 fully saturated rings. The third kappa shape index (κ3) is 4.89. The van der Waals surface area contributed by atoms with Crippen molar-refractivity contribution in [2.45, 2.75) is 32.1 Å². The van der Waals surface area contributed by atoms with Crippen molar-refractivity contribution in [3.05, 3.63) is 76.0 Å². The quantitative estimate of drug-likeness (QED) is 0.327. The van der Waals surface area contributed by atoms with Gasteiger partial charge in [-0.2, -0.15) is 0 Å². The van der Waals surface area contributed by atoms with Gasteiger partial charge < -0.3 is 14.6 Å². The predicted octanol–water partition coefficient (Wildman–Crippen LogP) is 4.40. The lowest BCUT2D eigenvalue weighted by atomic mass is 9.87. The van der Waals surface area contributed by atoms with Gasteiger partial charge in [0.15, 0.2) is 0 Å². The number of para-hydroxylation sites is 1. The van der Waals surface area contributed by atoms with Crippen molar-refractivity contribution in [1.29, 1.82) is 0 Å². The zero-order valence-corrected chi connectivity index (χ0v) is 18.5. The lowest BCUT2D eigenvalue weighted by Crippen LogP contribution is -2.43. The fourth-order valence-corrected chi connectivity index (χ4v) is 4.60. The van der Waals surface area contributed by atoms with Crippen LogP contribution in [0.25, 0.3) is 10.9 Å². The van der Waals surface area contributed by atoms with Crippen LogP contribution in [0.3, 0.4) is 0 Å². The van der Waals surface area contributed by atoms with Crippen molar-refractivity contribution in [2.75, 3.05) is 19.7 Å². The molecule has 172 valence electrons. The van der Waals surface area contributed by atoms with E-state index in [1.807, 2.05) is 36.5 Å². The Balaban J connectivity index is 1.64. The molecule has 1 N–H and O–H groups in total. The average molecular weight is 450 g/mol. The van der Waals surface area contributed by atoms with E-state index >= 15 is 0 Å². The topological polar surface area (TPSA) is 106 Å². The van der Waals surface area contributed by atoms with E-state index in [9.17, 15) is 19.7 Å². The van der Waals surface area contributed by atoms with Crippen LogP contribution in [-0.2, 0) is 14.3 Å². The van der Waals surface area contributed by atoms with Crippen molar-refractivity contribution in [2.24, 2.45) is 5.92 Å². The SMILES string of the molecule is CCOC(=O)[C@H]1CCCN(C(=O)C[C@H](c2cccc([N+](=O)[O-])c2)c2c[nH]c3ccccc23)C1. The van der Waals surface area contributed by atoms with Crippen LogP contribution >= 0.6 is 0 Å². The highest BCUT2D eigenvalue weighted by atomic mass is 16.6. The molecule has 1 saturated heterocycles. The first-order valence-corrected chi connectivity index (χ1v) is 11.2. The van der Waals surface area contributed by atoms with Crippen LogP contribution < -0.4 is 0 Å². The third-order valence-corrected chi connectivity index (χ3v) is 6.25. The van der Waals surface area contributed by atoms with Crippen molar-refractivity contribution < 1.29 is 19.2 Å². The highest BCUT2D eigenvalue weighted by Gasteiger charge is 2.31. The number of fused-ring (bicyclic) bond motifs is 1. The lowest BCUT2D eigenvalue weighted by molar-refractivity contribution is -0.384. The Hall–Kier alpha value is -3.68. The van der Waals surface area contributed by atoms with E-state index < -0.39 is 4.92 Å².